The Balaban J connectivity index is 1.42. The van der Waals surface area contributed by atoms with E-state index in [0.717, 1.165) is 63.5 Å². The SMILES string of the molecule is Cc1cccc(N2CCN(c3cc(C(=O)N4CCCCC4)ccn3)CC2)c1. The second-order valence-electron chi connectivity index (χ2n) is 7.57. The smallest absolute Gasteiger partial charge is 0.254 e. The Bertz CT molecular complexity index is 792. The summed E-state index contributed by atoms with van der Waals surface area (Å²) < 4.78 is 0. The zero-order chi connectivity index (χ0) is 18.6. The van der Waals surface area contributed by atoms with Crippen molar-refractivity contribution in [3.63, 3.8) is 0 Å². The first-order chi connectivity index (χ1) is 13.2. The Morgan fingerprint density at radius 3 is 2.37 bits per heavy atom. The van der Waals surface area contributed by atoms with Crippen LogP contribution in [0.4, 0.5) is 11.5 Å². The number of aryl methyl sites for hydroxylation is 1. The molecule has 0 bridgehead atoms. The van der Waals surface area contributed by atoms with Crippen molar-refractivity contribution < 1.29 is 4.79 Å². The quantitative estimate of drug-likeness (QED) is 0.837. The van der Waals surface area contributed by atoms with Gasteiger partial charge in [-0.25, -0.2) is 4.98 Å². The van der Waals surface area contributed by atoms with E-state index >= 15 is 0 Å². The average molecular weight is 364 g/mol. The van der Waals surface area contributed by atoms with E-state index in [0.29, 0.717) is 0 Å². The maximum Gasteiger partial charge on any atom is 0.254 e. The lowest BCUT2D eigenvalue weighted by molar-refractivity contribution is 0.0724. The third-order valence-electron chi connectivity index (χ3n) is 5.61. The molecule has 2 aromatic rings. The third-order valence-corrected chi connectivity index (χ3v) is 5.61. The minimum absolute atomic E-state index is 0.150. The molecule has 1 amide bonds. The fourth-order valence-electron chi connectivity index (χ4n) is 4.02. The highest BCUT2D eigenvalue weighted by Gasteiger charge is 2.22. The van der Waals surface area contributed by atoms with Crippen LogP contribution in [0.3, 0.4) is 0 Å². The lowest BCUT2D eigenvalue weighted by Gasteiger charge is -2.37. The van der Waals surface area contributed by atoms with Gasteiger partial charge in [0, 0.05) is 56.7 Å². The number of carbonyl (C=O) groups excluding carboxylic acids is 1. The van der Waals surface area contributed by atoms with Gasteiger partial charge in [0.05, 0.1) is 0 Å². The molecule has 0 radical (unpaired) electrons. The van der Waals surface area contributed by atoms with Gasteiger partial charge in [0.15, 0.2) is 0 Å². The molecular formula is C22H28N4O. The Kier molecular flexibility index (Phi) is 5.28. The molecular weight excluding hydrogens is 336 g/mol. The van der Waals surface area contributed by atoms with Crippen LogP contribution < -0.4 is 9.80 Å². The van der Waals surface area contributed by atoms with E-state index in [1.54, 1.807) is 6.20 Å². The number of amides is 1. The van der Waals surface area contributed by atoms with Gasteiger partial charge in [0.1, 0.15) is 5.82 Å². The Labute approximate surface area is 161 Å². The molecule has 1 aromatic carbocycles. The number of carbonyl (C=O) groups is 1. The maximum absolute atomic E-state index is 12.8. The normalized spacial score (nSPS) is 17.9. The van der Waals surface area contributed by atoms with Crippen molar-refractivity contribution in [3.8, 4) is 0 Å². The molecule has 1 aromatic heterocycles. The number of hydrogen-bond acceptors (Lipinski definition) is 4. The van der Waals surface area contributed by atoms with E-state index in [1.165, 1.54) is 17.7 Å². The monoisotopic (exact) mass is 364 g/mol. The van der Waals surface area contributed by atoms with Crippen molar-refractivity contribution in [1.82, 2.24) is 9.88 Å². The minimum atomic E-state index is 0.150. The Morgan fingerprint density at radius 2 is 1.63 bits per heavy atom. The molecule has 0 spiro atoms. The van der Waals surface area contributed by atoms with Crippen LogP contribution in [0.2, 0.25) is 0 Å². The highest BCUT2D eigenvalue weighted by atomic mass is 16.2. The van der Waals surface area contributed by atoms with Gasteiger partial charge in [0.2, 0.25) is 0 Å². The number of piperazine rings is 1. The molecule has 0 atom stereocenters. The largest absolute Gasteiger partial charge is 0.368 e. The van der Waals surface area contributed by atoms with Crippen molar-refractivity contribution in [1.29, 1.82) is 0 Å². The van der Waals surface area contributed by atoms with Gasteiger partial charge in [-0.3, -0.25) is 4.79 Å². The third kappa shape index (κ3) is 4.07. The molecule has 2 saturated heterocycles. The van der Waals surface area contributed by atoms with E-state index in [2.05, 4.69) is 46.0 Å². The van der Waals surface area contributed by atoms with E-state index < -0.39 is 0 Å². The number of aromatic nitrogens is 1. The van der Waals surface area contributed by atoms with E-state index in [4.69, 9.17) is 0 Å². The van der Waals surface area contributed by atoms with Crippen LogP contribution in [0, 0.1) is 6.92 Å². The molecule has 2 fully saturated rings. The number of rotatable bonds is 3. The summed E-state index contributed by atoms with van der Waals surface area (Å²) in [6.45, 7) is 7.67. The van der Waals surface area contributed by atoms with Crippen LogP contribution in [0.25, 0.3) is 0 Å². The number of benzene rings is 1. The van der Waals surface area contributed by atoms with Crippen LogP contribution in [0.15, 0.2) is 42.6 Å². The fourth-order valence-corrected chi connectivity index (χ4v) is 4.02. The summed E-state index contributed by atoms with van der Waals surface area (Å²) in [6, 6.07) is 12.5. The van der Waals surface area contributed by atoms with E-state index in [9.17, 15) is 4.79 Å². The van der Waals surface area contributed by atoms with Gasteiger partial charge in [-0.1, -0.05) is 12.1 Å². The highest BCUT2D eigenvalue weighted by molar-refractivity contribution is 5.94. The number of likely N-dealkylation sites (tertiary alicyclic amines) is 1. The summed E-state index contributed by atoms with van der Waals surface area (Å²) in [5.41, 5.74) is 3.35. The molecule has 5 nitrogen and oxygen atoms in total. The first kappa shape index (κ1) is 17.8. The molecule has 142 valence electrons. The number of nitrogens with zero attached hydrogens (tertiary/aromatic N) is 4. The van der Waals surface area contributed by atoms with Crippen LogP contribution in [-0.2, 0) is 0 Å². The van der Waals surface area contributed by atoms with Crippen molar-refractivity contribution in [2.45, 2.75) is 26.2 Å². The average Bonchev–Trinajstić information content (AvgIpc) is 2.74. The molecule has 3 heterocycles. The summed E-state index contributed by atoms with van der Waals surface area (Å²) >= 11 is 0. The van der Waals surface area contributed by atoms with Gasteiger partial charge in [0.25, 0.3) is 5.91 Å². The number of pyridine rings is 1. The summed E-state index contributed by atoms with van der Waals surface area (Å²) in [6.07, 6.45) is 5.24. The van der Waals surface area contributed by atoms with Gasteiger partial charge in [-0.15, -0.1) is 0 Å². The summed E-state index contributed by atoms with van der Waals surface area (Å²) in [5, 5.41) is 0. The predicted octanol–water partition coefficient (Wildman–Crippen LogP) is 3.34. The van der Waals surface area contributed by atoms with Gasteiger partial charge in [-0.2, -0.15) is 0 Å². The van der Waals surface area contributed by atoms with Crippen LogP contribution >= 0.6 is 0 Å². The first-order valence-electron chi connectivity index (χ1n) is 10.0. The summed E-state index contributed by atoms with van der Waals surface area (Å²) in [7, 11) is 0. The predicted molar refractivity (Wildman–Crippen MR) is 110 cm³/mol. The van der Waals surface area contributed by atoms with Crippen LogP contribution in [0.1, 0.15) is 35.2 Å². The molecule has 0 aliphatic carbocycles. The topological polar surface area (TPSA) is 39.7 Å². The second-order valence-corrected chi connectivity index (χ2v) is 7.57. The van der Waals surface area contributed by atoms with Crippen LogP contribution in [-0.4, -0.2) is 55.1 Å². The summed E-state index contributed by atoms with van der Waals surface area (Å²) in [4.78, 5) is 24.0. The molecule has 2 aliphatic rings. The van der Waals surface area contributed by atoms with Crippen molar-refractivity contribution in [2.75, 3.05) is 49.1 Å². The minimum Gasteiger partial charge on any atom is -0.368 e. The van der Waals surface area contributed by atoms with Gasteiger partial charge < -0.3 is 14.7 Å². The molecule has 0 unspecified atom stereocenters. The van der Waals surface area contributed by atoms with Crippen LogP contribution in [0.5, 0.6) is 0 Å². The number of piperidine rings is 1. The van der Waals surface area contributed by atoms with Crippen molar-refractivity contribution in [2.24, 2.45) is 0 Å². The lowest BCUT2D eigenvalue weighted by atomic mass is 10.1. The number of hydrogen-bond donors (Lipinski definition) is 0. The molecule has 4 rings (SSSR count). The number of anilines is 2. The summed E-state index contributed by atoms with van der Waals surface area (Å²) in [5.74, 6) is 1.07. The van der Waals surface area contributed by atoms with Gasteiger partial charge in [-0.05, 0) is 56.0 Å². The molecule has 0 N–H and O–H groups in total. The Hall–Kier alpha value is -2.56. The van der Waals surface area contributed by atoms with Crippen molar-refractivity contribution >= 4 is 17.4 Å². The highest BCUT2D eigenvalue weighted by Crippen LogP contribution is 2.21. The molecule has 0 saturated carbocycles. The van der Waals surface area contributed by atoms with E-state index in [-0.39, 0.29) is 5.91 Å². The fraction of sp³-hybridized carbons (Fsp3) is 0.455. The molecule has 27 heavy (non-hydrogen) atoms. The standard InChI is InChI=1S/C22H28N4O/c1-18-6-5-7-20(16-18)24-12-14-25(15-13-24)21-17-19(8-9-23-21)22(27)26-10-3-2-4-11-26/h5-9,16-17H,2-4,10-15H2,1H3. The molecule has 2 aliphatic heterocycles. The molecule has 5 heteroatoms. The zero-order valence-corrected chi connectivity index (χ0v) is 16.1. The van der Waals surface area contributed by atoms with Crippen molar-refractivity contribution in [3.05, 3.63) is 53.7 Å². The second kappa shape index (κ2) is 7.99. The zero-order valence-electron chi connectivity index (χ0n) is 16.1. The van der Waals surface area contributed by atoms with E-state index in [1.807, 2.05) is 17.0 Å². The maximum atomic E-state index is 12.8. The first-order valence-corrected chi connectivity index (χ1v) is 10.0. The lowest BCUT2D eigenvalue weighted by Crippen LogP contribution is -2.47. The van der Waals surface area contributed by atoms with Gasteiger partial charge >= 0.3 is 0 Å². The Morgan fingerprint density at radius 1 is 0.889 bits per heavy atom.